The number of hydrogen-bond acceptors (Lipinski definition) is 1. The molecule has 0 amide bonds. The van der Waals surface area contributed by atoms with Crippen LogP contribution in [-0.2, 0) is 4.74 Å². The standard InChI is InChI=1S/C16H28O/c1-15-11-8-6-4-3-5-7-9-13-16(17-2)14-10-12-15/h9,12-13,16H,3-8,10-11,14H2,1-2H3/b13-9+,15-12-. The summed E-state index contributed by atoms with van der Waals surface area (Å²) in [5, 5.41) is 0. The lowest BCUT2D eigenvalue weighted by Crippen LogP contribution is -2.05. The van der Waals surface area contributed by atoms with Gasteiger partial charge < -0.3 is 4.74 Å². The van der Waals surface area contributed by atoms with Crippen molar-refractivity contribution in [2.75, 3.05) is 7.11 Å². The van der Waals surface area contributed by atoms with Crippen LogP contribution in [0.3, 0.4) is 0 Å². The van der Waals surface area contributed by atoms with Crippen molar-refractivity contribution in [1.82, 2.24) is 0 Å². The Morgan fingerprint density at radius 2 is 1.82 bits per heavy atom. The molecule has 0 fully saturated rings. The Balaban J connectivity index is 2.43. The molecule has 0 spiro atoms. The Hall–Kier alpha value is -0.560. The first-order valence-corrected chi connectivity index (χ1v) is 7.18. The smallest absolute Gasteiger partial charge is 0.0755 e. The number of ether oxygens (including phenoxy) is 1. The van der Waals surface area contributed by atoms with Crippen LogP contribution in [-0.4, -0.2) is 13.2 Å². The Morgan fingerprint density at radius 3 is 2.65 bits per heavy atom. The van der Waals surface area contributed by atoms with Crippen molar-refractivity contribution < 1.29 is 4.74 Å². The normalized spacial score (nSPS) is 30.0. The molecule has 1 rings (SSSR count). The Labute approximate surface area is 107 Å². The maximum Gasteiger partial charge on any atom is 0.0755 e. The van der Waals surface area contributed by atoms with E-state index < -0.39 is 0 Å². The minimum Gasteiger partial charge on any atom is -0.377 e. The number of methoxy groups -OCH3 is 1. The highest BCUT2D eigenvalue weighted by Gasteiger charge is 2.01. The van der Waals surface area contributed by atoms with Crippen molar-refractivity contribution in [3.63, 3.8) is 0 Å². The van der Waals surface area contributed by atoms with E-state index in [1.165, 1.54) is 44.9 Å². The molecular weight excluding hydrogens is 208 g/mol. The van der Waals surface area contributed by atoms with E-state index in [4.69, 9.17) is 4.74 Å². The van der Waals surface area contributed by atoms with Crippen molar-refractivity contribution in [2.24, 2.45) is 0 Å². The molecule has 0 saturated heterocycles. The molecule has 0 bridgehead atoms. The topological polar surface area (TPSA) is 9.23 Å². The van der Waals surface area contributed by atoms with Gasteiger partial charge in [-0.05, 0) is 45.4 Å². The minimum absolute atomic E-state index is 0.307. The Kier molecular flexibility index (Phi) is 8.08. The highest BCUT2D eigenvalue weighted by Crippen LogP contribution is 2.15. The van der Waals surface area contributed by atoms with Crippen LogP contribution in [0.15, 0.2) is 23.8 Å². The van der Waals surface area contributed by atoms with Crippen LogP contribution in [0.1, 0.15) is 64.7 Å². The SMILES string of the molecule is COC1/C=C/CCCCCCC/C(C)=C\CC1. The summed E-state index contributed by atoms with van der Waals surface area (Å²) in [6.45, 7) is 2.27. The third kappa shape index (κ3) is 7.38. The van der Waals surface area contributed by atoms with Crippen LogP contribution in [0.2, 0.25) is 0 Å². The predicted molar refractivity (Wildman–Crippen MR) is 75.2 cm³/mol. The zero-order valence-corrected chi connectivity index (χ0v) is 11.6. The van der Waals surface area contributed by atoms with Gasteiger partial charge in [0.25, 0.3) is 0 Å². The molecule has 17 heavy (non-hydrogen) atoms. The number of rotatable bonds is 1. The molecule has 0 aromatic rings. The molecule has 0 saturated carbocycles. The van der Waals surface area contributed by atoms with Crippen LogP contribution in [0.5, 0.6) is 0 Å². The van der Waals surface area contributed by atoms with Crippen LogP contribution < -0.4 is 0 Å². The second kappa shape index (κ2) is 9.47. The summed E-state index contributed by atoms with van der Waals surface area (Å²) in [4.78, 5) is 0. The molecule has 98 valence electrons. The molecule has 1 aliphatic carbocycles. The quantitative estimate of drug-likeness (QED) is 0.580. The van der Waals surface area contributed by atoms with Crippen molar-refractivity contribution in [2.45, 2.75) is 70.8 Å². The van der Waals surface area contributed by atoms with Gasteiger partial charge in [-0.2, -0.15) is 0 Å². The molecule has 0 aromatic carbocycles. The number of allylic oxidation sites excluding steroid dienone is 3. The zero-order valence-electron chi connectivity index (χ0n) is 11.6. The third-order valence-electron chi connectivity index (χ3n) is 3.54. The van der Waals surface area contributed by atoms with E-state index in [2.05, 4.69) is 25.2 Å². The van der Waals surface area contributed by atoms with Crippen molar-refractivity contribution >= 4 is 0 Å². The summed E-state index contributed by atoms with van der Waals surface area (Å²) in [6, 6.07) is 0. The molecule has 0 N–H and O–H groups in total. The van der Waals surface area contributed by atoms with E-state index in [1.54, 1.807) is 5.57 Å². The molecule has 0 radical (unpaired) electrons. The van der Waals surface area contributed by atoms with Crippen LogP contribution in [0.25, 0.3) is 0 Å². The second-order valence-electron chi connectivity index (χ2n) is 5.14. The maximum absolute atomic E-state index is 5.47. The first-order valence-electron chi connectivity index (χ1n) is 7.18. The fourth-order valence-corrected chi connectivity index (χ4v) is 2.33. The summed E-state index contributed by atoms with van der Waals surface area (Å²) < 4.78 is 5.47. The summed E-state index contributed by atoms with van der Waals surface area (Å²) in [5.41, 5.74) is 1.56. The first kappa shape index (κ1) is 14.5. The Bertz CT molecular complexity index is 240. The van der Waals surface area contributed by atoms with Gasteiger partial charge in [-0.25, -0.2) is 0 Å². The average Bonchev–Trinajstić information content (AvgIpc) is 2.34. The van der Waals surface area contributed by atoms with E-state index >= 15 is 0 Å². The van der Waals surface area contributed by atoms with E-state index in [1.807, 2.05) is 7.11 Å². The molecular formula is C16H28O. The van der Waals surface area contributed by atoms with Gasteiger partial charge in [-0.15, -0.1) is 0 Å². The molecule has 0 heterocycles. The minimum atomic E-state index is 0.307. The molecule has 1 aliphatic rings. The van der Waals surface area contributed by atoms with Gasteiger partial charge >= 0.3 is 0 Å². The van der Waals surface area contributed by atoms with Crippen molar-refractivity contribution in [3.8, 4) is 0 Å². The fraction of sp³-hybridized carbons (Fsp3) is 0.750. The van der Waals surface area contributed by atoms with Crippen LogP contribution >= 0.6 is 0 Å². The summed E-state index contributed by atoms with van der Waals surface area (Å²) >= 11 is 0. The highest BCUT2D eigenvalue weighted by molar-refractivity contribution is 4.99. The van der Waals surface area contributed by atoms with Gasteiger partial charge in [0.05, 0.1) is 6.10 Å². The Morgan fingerprint density at radius 1 is 1.06 bits per heavy atom. The molecule has 0 aromatic heterocycles. The summed E-state index contributed by atoms with van der Waals surface area (Å²) in [7, 11) is 1.81. The molecule has 1 unspecified atom stereocenters. The lowest BCUT2D eigenvalue weighted by molar-refractivity contribution is 0.134. The van der Waals surface area contributed by atoms with E-state index in [9.17, 15) is 0 Å². The maximum atomic E-state index is 5.47. The lowest BCUT2D eigenvalue weighted by Gasteiger charge is -2.10. The van der Waals surface area contributed by atoms with Gasteiger partial charge in [-0.1, -0.05) is 43.1 Å². The zero-order chi connectivity index (χ0) is 12.3. The second-order valence-corrected chi connectivity index (χ2v) is 5.14. The molecule has 1 nitrogen and oxygen atoms in total. The monoisotopic (exact) mass is 236 g/mol. The summed E-state index contributed by atoms with van der Waals surface area (Å²) in [5.74, 6) is 0. The van der Waals surface area contributed by atoms with Crippen LogP contribution in [0.4, 0.5) is 0 Å². The highest BCUT2D eigenvalue weighted by atomic mass is 16.5. The van der Waals surface area contributed by atoms with Gasteiger partial charge in [0.15, 0.2) is 0 Å². The molecule has 1 atom stereocenters. The van der Waals surface area contributed by atoms with Crippen molar-refractivity contribution in [3.05, 3.63) is 23.8 Å². The first-order chi connectivity index (χ1) is 8.33. The van der Waals surface area contributed by atoms with Gasteiger partial charge in [0.1, 0.15) is 0 Å². The third-order valence-corrected chi connectivity index (χ3v) is 3.54. The van der Waals surface area contributed by atoms with Crippen molar-refractivity contribution in [1.29, 1.82) is 0 Å². The number of hydrogen-bond donors (Lipinski definition) is 0. The summed E-state index contributed by atoms with van der Waals surface area (Å²) in [6.07, 6.45) is 18.9. The average molecular weight is 236 g/mol. The predicted octanol–water partition coefficient (Wildman–Crippen LogP) is 5.03. The van der Waals surface area contributed by atoms with E-state index in [-0.39, 0.29) is 0 Å². The lowest BCUT2D eigenvalue weighted by atomic mass is 10.0. The van der Waals surface area contributed by atoms with Gasteiger partial charge in [0.2, 0.25) is 0 Å². The van der Waals surface area contributed by atoms with Gasteiger partial charge in [0, 0.05) is 7.11 Å². The van der Waals surface area contributed by atoms with E-state index in [0.29, 0.717) is 6.10 Å². The van der Waals surface area contributed by atoms with E-state index in [0.717, 1.165) is 12.8 Å². The molecule has 1 heteroatoms. The largest absolute Gasteiger partial charge is 0.377 e. The molecule has 0 aliphatic heterocycles. The van der Waals surface area contributed by atoms with Crippen LogP contribution in [0, 0.1) is 0 Å². The van der Waals surface area contributed by atoms with Gasteiger partial charge in [-0.3, -0.25) is 0 Å². The fourth-order valence-electron chi connectivity index (χ4n) is 2.33.